The summed E-state index contributed by atoms with van der Waals surface area (Å²) in [6.45, 7) is 7.87. The Morgan fingerprint density at radius 3 is 1.59 bits per heavy atom. The van der Waals surface area contributed by atoms with Crippen LogP contribution in [0.3, 0.4) is 0 Å². The zero-order valence-corrected chi connectivity index (χ0v) is 32.0. The zero-order chi connectivity index (χ0) is 34.7. The van der Waals surface area contributed by atoms with Gasteiger partial charge in [0.2, 0.25) is 0 Å². The van der Waals surface area contributed by atoms with Crippen molar-refractivity contribution >= 4 is 45.9 Å². The van der Waals surface area contributed by atoms with Crippen molar-refractivity contribution in [3.8, 4) is 23.0 Å². The quantitative estimate of drug-likeness (QED) is 0.0450. The Kier molecular flexibility index (Phi) is 23.5. The molecule has 0 atom stereocenters. The predicted octanol–water partition coefficient (Wildman–Crippen LogP) is 7.75. The molecule has 0 saturated heterocycles. The van der Waals surface area contributed by atoms with Gasteiger partial charge in [-0.05, 0) is 78.9 Å². The number of benzene rings is 2. The van der Waals surface area contributed by atoms with E-state index in [1.165, 1.54) is 17.5 Å². The summed E-state index contributed by atoms with van der Waals surface area (Å²) >= 11 is 2.29. The van der Waals surface area contributed by atoms with Gasteiger partial charge in [-0.1, -0.05) is 49.1 Å². The van der Waals surface area contributed by atoms with Crippen LogP contribution in [-0.4, -0.2) is 70.7 Å². The number of Topliss-reactive ketones (excluding diaryl/α,β-unsaturated/α-hetero) is 3. The minimum absolute atomic E-state index is 0. The van der Waals surface area contributed by atoms with E-state index in [0.29, 0.717) is 72.8 Å². The van der Waals surface area contributed by atoms with Gasteiger partial charge >= 0.3 is 5.97 Å². The third-order valence-electron chi connectivity index (χ3n) is 6.23. The second-order valence-electron chi connectivity index (χ2n) is 9.71. The number of nitrogens with zero attached hydrogens (tertiary/aromatic N) is 2. The number of pyridine rings is 2. The normalized spacial score (nSPS) is 11.1. The summed E-state index contributed by atoms with van der Waals surface area (Å²) in [5.74, 6) is 1.66. The van der Waals surface area contributed by atoms with Crippen molar-refractivity contribution < 1.29 is 61.4 Å². The van der Waals surface area contributed by atoms with E-state index >= 15 is 0 Å². The number of rotatable bonds is 7. The molecular formula is C38H44IN2O9V-. The fourth-order valence-electron chi connectivity index (χ4n) is 4.03. The Hall–Kier alpha value is -4.27. The topological polar surface area (TPSA) is 140 Å². The van der Waals surface area contributed by atoms with Crippen LogP contribution in [0.1, 0.15) is 76.3 Å². The van der Waals surface area contributed by atoms with Gasteiger partial charge < -0.3 is 31.1 Å². The van der Waals surface area contributed by atoms with Crippen molar-refractivity contribution in [1.82, 2.24) is 9.97 Å². The van der Waals surface area contributed by atoms with E-state index in [-0.39, 0.29) is 63.1 Å². The van der Waals surface area contributed by atoms with Crippen molar-refractivity contribution in [1.29, 1.82) is 0 Å². The Morgan fingerprint density at radius 2 is 1.14 bits per heavy atom. The van der Waals surface area contributed by atoms with Gasteiger partial charge in [0.15, 0.2) is 40.3 Å². The SMILES string of the molecule is C.CC(=O)c1ccc2c(c1)OCCO2.CCI.CCOC(=O)c1ccccn1.O=C(CC(=O)c1ccccn1)c1ccc2c(c1)OCCO2.[CH3-].[V]. The van der Waals surface area contributed by atoms with Crippen molar-refractivity contribution in [2.45, 2.75) is 34.6 Å². The average Bonchev–Trinajstić information content (AvgIpc) is 3.13. The molecule has 2 aliphatic rings. The van der Waals surface area contributed by atoms with E-state index in [1.807, 2.05) is 0 Å². The van der Waals surface area contributed by atoms with Gasteiger partial charge in [-0.2, -0.15) is 0 Å². The predicted molar refractivity (Wildman–Crippen MR) is 200 cm³/mol. The number of halogens is 1. The first-order valence-corrected chi connectivity index (χ1v) is 16.7. The molecule has 1 radical (unpaired) electrons. The van der Waals surface area contributed by atoms with Crippen LogP contribution in [0.4, 0.5) is 0 Å². The molecule has 0 N–H and O–H groups in total. The van der Waals surface area contributed by atoms with Crippen molar-refractivity contribution in [3.05, 3.63) is 115 Å². The first kappa shape index (κ1) is 46.7. The van der Waals surface area contributed by atoms with Crippen LogP contribution in [0.2, 0.25) is 0 Å². The van der Waals surface area contributed by atoms with Crippen LogP contribution in [0.5, 0.6) is 23.0 Å². The molecule has 0 amide bonds. The van der Waals surface area contributed by atoms with Crippen LogP contribution in [0.15, 0.2) is 85.2 Å². The van der Waals surface area contributed by atoms with Gasteiger partial charge in [0.05, 0.1) is 13.0 Å². The van der Waals surface area contributed by atoms with Crippen LogP contribution >= 0.6 is 22.6 Å². The molecule has 4 aromatic rings. The van der Waals surface area contributed by atoms with Crippen LogP contribution in [0, 0.1) is 7.43 Å². The number of fused-ring (bicyclic) bond motifs is 2. The molecule has 0 bridgehead atoms. The third-order valence-corrected chi connectivity index (χ3v) is 6.23. The molecule has 0 aliphatic carbocycles. The zero-order valence-electron chi connectivity index (χ0n) is 28.4. The number of ketones is 3. The summed E-state index contributed by atoms with van der Waals surface area (Å²) in [6, 6.07) is 20.3. The fourth-order valence-corrected chi connectivity index (χ4v) is 4.03. The summed E-state index contributed by atoms with van der Waals surface area (Å²) in [5.41, 5.74) is 1.74. The molecular weight excluding hydrogens is 806 g/mol. The van der Waals surface area contributed by atoms with E-state index < -0.39 is 0 Å². The Labute approximate surface area is 325 Å². The molecule has 0 saturated carbocycles. The summed E-state index contributed by atoms with van der Waals surface area (Å²) in [7, 11) is 0. The monoisotopic (exact) mass is 850 g/mol. The molecule has 4 heterocycles. The number of aromatic nitrogens is 2. The number of hydrogen-bond acceptors (Lipinski definition) is 11. The molecule has 0 fully saturated rings. The van der Waals surface area contributed by atoms with E-state index in [1.54, 1.807) is 85.9 Å². The van der Waals surface area contributed by atoms with Gasteiger partial charge in [-0.25, -0.2) is 9.78 Å². The summed E-state index contributed by atoms with van der Waals surface area (Å²) < 4.78 is 27.4. The summed E-state index contributed by atoms with van der Waals surface area (Å²) in [6.07, 6.45) is 2.88. The Balaban J connectivity index is 0.000000726. The molecule has 0 unspecified atom stereocenters. The standard InChI is InChI=1S/C16H13NO4.C10H10O3.C8H9NO2.C2H5I.CH4.CH3.V/c18-13(10-14(19)12-3-1-2-6-17-12)11-4-5-15-16(9-11)21-8-7-20-15;1-7(11)8-2-3-9-10(6-8)13-5-4-12-9;1-2-11-8(10)7-5-3-4-6-9-7;1-2-3;;;/h1-6,9H,7-8,10H2;2-3,6H,4-5H2,1H3;3-6H,2H2,1H3;2H2,1H3;1H4;1H3;/q;;;;;-1;. The maximum atomic E-state index is 12.2. The minimum atomic E-state index is -0.367. The molecule has 11 nitrogen and oxygen atoms in total. The number of carbonyl (C=O) groups is 4. The molecule has 2 aromatic heterocycles. The Bertz CT molecular complexity index is 1660. The van der Waals surface area contributed by atoms with Crippen LogP contribution in [-0.2, 0) is 23.3 Å². The van der Waals surface area contributed by atoms with E-state index in [0.717, 1.165) is 5.75 Å². The number of carbonyl (C=O) groups excluding carboxylic acids is 4. The van der Waals surface area contributed by atoms with Crippen molar-refractivity contribution in [3.63, 3.8) is 0 Å². The molecule has 6 rings (SSSR count). The van der Waals surface area contributed by atoms with Crippen LogP contribution in [0.25, 0.3) is 0 Å². The van der Waals surface area contributed by atoms with Gasteiger partial charge in [0, 0.05) is 42.1 Å². The van der Waals surface area contributed by atoms with Crippen molar-refractivity contribution in [2.75, 3.05) is 37.5 Å². The third kappa shape index (κ3) is 15.7. The molecule has 51 heavy (non-hydrogen) atoms. The number of ether oxygens (including phenoxy) is 5. The molecule has 273 valence electrons. The number of hydrogen-bond donors (Lipinski definition) is 0. The molecule has 13 heteroatoms. The second kappa shape index (κ2) is 25.6. The van der Waals surface area contributed by atoms with Gasteiger partial charge in [0.1, 0.15) is 37.8 Å². The van der Waals surface area contributed by atoms with Gasteiger partial charge in [0.25, 0.3) is 0 Å². The van der Waals surface area contributed by atoms with E-state index in [9.17, 15) is 19.2 Å². The van der Waals surface area contributed by atoms with E-state index in [4.69, 9.17) is 23.7 Å². The number of alkyl halides is 1. The largest absolute Gasteiger partial charge is 0.486 e. The van der Waals surface area contributed by atoms with Crippen molar-refractivity contribution in [2.24, 2.45) is 0 Å². The van der Waals surface area contributed by atoms with Crippen LogP contribution < -0.4 is 18.9 Å². The van der Waals surface area contributed by atoms with Gasteiger partial charge in [-0.3, -0.25) is 19.4 Å². The molecule has 2 aliphatic heterocycles. The minimum Gasteiger partial charge on any atom is -0.486 e. The molecule has 2 aromatic carbocycles. The second-order valence-corrected chi connectivity index (χ2v) is 11.2. The fraction of sp³-hybridized carbons (Fsp3) is 0.289. The first-order valence-electron chi connectivity index (χ1n) is 15.2. The molecule has 0 spiro atoms. The van der Waals surface area contributed by atoms with E-state index in [2.05, 4.69) is 39.5 Å². The smallest absolute Gasteiger partial charge is 0.356 e. The first-order chi connectivity index (χ1) is 23.3. The maximum absolute atomic E-state index is 12.2. The summed E-state index contributed by atoms with van der Waals surface area (Å²) in [5, 5.41) is 0. The number of esters is 1. The summed E-state index contributed by atoms with van der Waals surface area (Å²) in [4.78, 5) is 53.9. The van der Waals surface area contributed by atoms with Gasteiger partial charge in [-0.15, -0.1) is 0 Å². The Morgan fingerprint density at radius 1 is 0.686 bits per heavy atom. The maximum Gasteiger partial charge on any atom is 0.356 e. The average molecular weight is 851 g/mol.